The molecule has 1 aromatic heterocycles. The lowest BCUT2D eigenvalue weighted by Gasteiger charge is -2.13. The van der Waals surface area contributed by atoms with Crippen molar-refractivity contribution in [1.29, 1.82) is 0 Å². The topological polar surface area (TPSA) is 127 Å². The first-order chi connectivity index (χ1) is 18.9. The van der Waals surface area contributed by atoms with E-state index in [0.29, 0.717) is 40.2 Å². The fourth-order valence-corrected chi connectivity index (χ4v) is 4.44. The highest BCUT2D eigenvalue weighted by molar-refractivity contribution is 9.10. The van der Waals surface area contributed by atoms with Gasteiger partial charge >= 0.3 is 5.69 Å². The molecular weight excluding hydrogens is 572 g/mol. The Kier molecular flexibility index (Phi) is 7.46. The largest absolute Gasteiger partial charge is 0.490 e. The maximum atomic E-state index is 13.2. The molecular formula is C27H23BrN4O7. The standard InChI is InChI=1S/C27H23BrN4O7/c1-3-25-30-20-7-6-18(28)12-19(20)27(33)31(25)29-13-17-9-21(32(34)35)26(24(11-17)36-4-2)37-14-16-5-8-22-23(10-16)39-15-38-22/h5-13H,3-4,14-15H2,1-2H3. The molecule has 3 aromatic carbocycles. The van der Waals surface area contributed by atoms with Crippen molar-refractivity contribution < 1.29 is 23.9 Å². The molecule has 0 spiro atoms. The number of halogens is 1. The summed E-state index contributed by atoms with van der Waals surface area (Å²) in [7, 11) is 0. The molecule has 0 saturated heterocycles. The number of rotatable bonds is 9. The van der Waals surface area contributed by atoms with E-state index in [1.165, 1.54) is 17.0 Å². The van der Waals surface area contributed by atoms with E-state index in [-0.39, 0.29) is 42.8 Å². The van der Waals surface area contributed by atoms with Crippen molar-refractivity contribution in [2.75, 3.05) is 13.4 Å². The van der Waals surface area contributed by atoms with E-state index in [9.17, 15) is 14.9 Å². The Bertz CT molecular complexity index is 1670. The fourth-order valence-electron chi connectivity index (χ4n) is 4.08. The van der Waals surface area contributed by atoms with E-state index in [1.807, 2.05) is 13.0 Å². The lowest BCUT2D eigenvalue weighted by molar-refractivity contribution is -0.386. The van der Waals surface area contributed by atoms with Gasteiger partial charge in [-0.15, -0.1) is 0 Å². The Balaban J connectivity index is 1.50. The molecule has 11 nitrogen and oxygen atoms in total. The first kappa shape index (κ1) is 26.2. The van der Waals surface area contributed by atoms with Crippen molar-refractivity contribution in [2.45, 2.75) is 26.9 Å². The number of aromatic nitrogens is 2. The van der Waals surface area contributed by atoms with Crippen molar-refractivity contribution in [3.05, 3.63) is 90.4 Å². The van der Waals surface area contributed by atoms with Crippen LogP contribution in [0.5, 0.6) is 23.0 Å². The second-order valence-electron chi connectivity index (χ2n) is 8.44. The molecule has 0 atom stereocenters. The third kappa shape index (κ3) is 5.41. The SMILES string of the molecule is CCOc1cc(C=Nn2c(CC)nc3ccc(Br)cc3c2=O)cc([N+](=O)[O-])c1OCc1ccc2c(c1)OCO2. The van der Waals surface area contributed by atoms with Gasteiger partial charge in [-0.1, -0.05) is 28.9 Å². The fraction of sp³-hybridized carbons (Fsp3) is 0.222. The third-order valence-corrected chi connectivity index (χ3v) is 6.38. The molecule has 0 unspecified atom stereocenters. The highest BCUT2D eigenvalue weighted by Crippen LogP contribution is 2.39. The van der Waals surface area contributed by atoms with E-state index < -0.39 is 4.92 Å². The zero-order valence-electron chi connectivity index (χ0n) is 21.0. The minimum absolute atomic E-state index is 0.0136. The lowest BCUT2D eigenvalue weighted by Crippen LogP contribution is -2.22. The van der Waals surface area contributed by atoms with Crippen molar-refractivity contribution in [1.82, 2.24) is 9.66 Å². The van der Waals surface area contributed by atoms with Crippen LogP contribution < -0.4 is 24.5 Å². The highest BCUT2D eigenvalue weighted by Gasteiger charge is 2.23. The highest BCUT2D eigenvalue weighted by atomic mass is 79.9. The molecule has 0 aliphatic carbocycles. The molecule has 0 bridgehead atoms. The number of ether oxygens (including phenoxy) is 4. The molecule has 39 heavy (non-hydrogen) atoms. The summed E-state index contributed by atoms with van der Waals surface area (Å²) in [6, 6.07) is 13.5. The van der Waals surface area contributed by atoms with E-state index in [4.69, 9.17) is 18.9 Å². The molecule has 0 fully saturated rings. The molecule has 0 radical (unpaired) electrons. The summed E-state index contributed by atoms with van der Waals surface area (Å²) in [6.07, 6.45) is 1.82. The maximum absolute atomic E-state index is 13.2. The molecule has 0 saturated carbocycles. The average molecular weight is 595 g/mol. The summed E-state index contributed by atoms with van der Waals surface area (Å²) in [5.41, 5.74) is 1.00. The Hall–Kier alpha value is -4.45. The van der Waals surface area contributed by atoms with Gasteiger partial charge in [0, 0.05) is 22.5 Å². The molecule has 1 aliphatic rings. The number of hydrogen-bond acceptors (Lipinski definition) is 9. The molecule has 12 heteroatoms. The molecule has 200 valence electrons. The van der Waals surface area contributed by atoms with Crippen LogP contribution >= 0.6 is 15.9 Å². The molecule has 1 aliphatic heterocycles. The van der Waals surface area contributed by atoms with Gasteiger partial charge in [-0.3, -0.25) is 14.9 Å². The average Bonchev–Trinajstić information content (AvgIpc) is 3.40. The van der Waals surface area contributed by atoms with Crippen LogP contribution in [0, 0.1) is 10.1 Å². The van der Waals surface area contributed by atoms with Crippen LogP contribution in [-0.2, 0) is 13.0 Å². The van der Waals surface area contributed by atoms with E-state index in [2.05, 4.69) is 26.0 Å². The van der Waals surface area contributed by atoms with Gasteiger partial charge in [-0.05, 0) is 48.9 Å². The van der Waals surface area contributed by atoms with E-state index >= 15 is 0 Å². The smallest absolute Gasteiger partial charge is 0.315 e. The third-order valence-electron chi connectivity index (χ3n) is 5.89. The molecule has 5 rings (SSSR count). The first-order valence-electron chi connectivity index (χ1n) is 12.1. The van der Waals surface area contributed by atoms with Crippen LogP contribution in [0.2, 0.25) is 0 Å². The molecule has 0 amide bonds. The summed E-state index contributed by atoms with van der Waals surface area (Å²) < 4.78 is 24.2. The van der Waals surface area contributed by atoms with Gasteiger partial charge in [0.1, 0.15) is 12.4 Å². The zero-order chi connectivity index (χ0) is 27.5. The van der Waals surface area contributed by atoms with Crippen LogP contribution in [0.3, 0.4) is 0 Å². The van der Waals surface area contributed by atoms with E-state index in [0.717, 1.165) is 10.0 Å². The van der Waals surface area contributed by atoms with Crippen LogP contribution in [0.1, 0.15) is 30.8 Å². The summed E-state index contributed by atoms with van der Waals surface area (Å²) in [5.74, 6) is 1.83. The van der Waals surface area contributed by atoms with Crippen LogP contribution in [0.15, 0.2) is 62.9 Å². The number of hydrogen-bond donors (Lipinski definition) is 0. The monoisotopic (exact) mass is 594 g/mol. The summed E-state index contributed by atoms with van der Waals surface area (Å²) >= 11 is 3.38. The van der Waals surface area contributed by atoms with Gasteiger partial charge in [-0.25, -0.2) is 4.98 Å². The molecule has 2 heterocycles. The number of nitro benzene ring substituents is 1. The maximum Gasteiger partial charge on any atom is 0.315 e. The predicted octanol–water partition coefficient (Wildman–Crippen LogP) is 5.22. The predicted molar refractivity (Wildman–Crippen MR) is 147 cm³/mol. The van der Waals surface area contributed by atoms with Crippen LogP contribution in [-0.4, -0.2) is 34.2 Å². The van der Waals surface area contributed by atoms with Gasteiger partial charge in [0.2, 0.25) is 12.5 Å². The molecule has 0 N–H and O–H groups in total. The summed E-state index contributed by atoms with van der Waals surface area (Å²) in [4.78, 5) is 29.2. The second kappa shape index (κ2) is 11.1. The number of fused-ring (bicyclic) bond motifs is 2. The van der Waals surface area contributed by atoms with Gasteiger partial charge < -0.3 is 18.9 Å². The second-order valence-corrected chi connectivity index (χ2v) is 9.35. The first-order valence-corrected chi connectivity index (χ1v) is 12.9. The normalized spacial score (nSPS) is 12.3. The van der Waals surface area contributed by atoms with Crippen molar-refractivity contribution >= 4 is 38.7 Å². The Labute approximate surface area is 230 Å². The van der Waals surface area contributed by atoms with Gasteiger partial charge in [-0.2, -0.15) is 9.78 Å². The van der Waals surface area contributed by atoms with Gasteiger partial charge in [0.15, 0.2) is 17.2 Å². The summed E-state index contributed by atoms with van der Waals surface area (Å²) in [5, 5.41) is 16.8. The van der Waals surface area contributed by atoms with Crippen LogP contribution in [0.25, 0.3) is 10.9 Å². The summed E-state index contributed by atoms with van der Waals surface area (Å²) in [6.45, 7) is 4.06. The van der Waals surface area contributed by atoms with Crippen molar-refractivity contribution in [3.63, 3.8) is 0 Å². The Morgan fingerprint density at radius 2 is 1.95 bits per heavy atom. The van der Waals surface area contributed by atoms with Crippen molar-refractivity contribution in [3.8, 4) is 23.0 Å². The number of nitrogens with zero attached hydrogens (tertiary/aromatic N) is 4. The van der Waals surface area contributed by atoms with E-state index in [1.54, 1.807) is 43.3 Å². The minimum Gasteiger partial charge on any atom is -0.490 e. The number of nitro groups is 1. The minimum atomic E-state index is -0.548. The molecule has 4 aromatic rings. The zero-order valence-corrected chi connectivity index (χ0v) is 22.6. The quantitative estimate of drug-likeness (QED) is 0.147. The number of aryl methyl sites for hydroxylation is 1. The van der Waals surface area contributed by atoms with Gasteiger partial charge in [0.25, 0.3) is 5.56 Å². The van der Waals surface area contributed by atoms with Gasteiger partial charge in [0.05, 0.1) is 28.6 Å². The number of benzene rings is 3. The van der Waals surface area contributed by atoms with Crippen molar-refractivity contribution in [2.24, 2.45) is 5.10 Å². The Morgan fingerprint density at radius 3 is 2.72 bits per heavy atom. The lowest BCUT2D eigenvalue weighted by atomic mass is 10.1. The van der Waals surface area contributed by atoms with Crippen LogP contribution in [0.4, 0.5) is 5.69 Å². The Morgan fingerprint density at radius 1 is 1.13 bits per heavy atom.